The van der Waals surface area contributed by atoms with Crippen molar-refractivity contribution in [1.29, 1.82) is 0 Å². The molecule has 0 aromatic heterocycles. The van der Waals surface area contributed by atoms with Crippen LogP contribution in [0, 0.1) is 0 Å². The van der Waals surface area contributed by atoms with Crippen LogP contribution in [-0.2, 0) is 14.8 Å². The minimum atomic E-state index is -3.54. The molecule has 3 aromatic rings. The van der Waals surface area contributed by atoms with Crippen LogP contribution in [0.15, 0.2) is 77.7 Å². The summed E-state index contributed by atoms with van der Waals surface area (Å²) in [5, 5.41) is 2.16. The number of piperazine rings is 1. The van der Waals surface area contributed by atoms with Crippen LogP contribution in [0.3, 0.4) is 0 Å². The average molecular weight is 425 g/mol. The Morgan fingerprint density at radius 1 is 0.867 bits per heavy atom. The van der Waals surface area contributed by atoms with Crippen LogP contribution in [0.5, 0.6) is 5.75 Å². The van der Waals surface area contributed by atoms with Gasteiger partial charge in [0.15, 0.2) is 6.10 Å². The predicted octanol–water partition coefficient (Wildman–Crippen LogP) is 3.14. The Morgan fingerprint density at radius 3 is 2.20 bits per heavy atom. The molecule has 1 fully saturated rings. The van der Waals surface area contributed by atoms with Crippen molar-refractivity contribution in [2.75, 3.05) is 26.2 Å². The second-order valence-electron chi connectivity index (χ2n) is 7.31. The van der Waals surface area contributed by atoms with E-state index >= 15 is 0 Å². The molecule has 1 heterocycles. The molecule has 1 aliphatic heterocycles. The molecule has 3 aromatic carbocycles. The van der Waals surface area contributed by atoms with Gasteiger partial charge in [0.25, 0.3) is 5.91 Å². The fraction of sp³-hybridized carbons (Fsp3) is 0.261. The Bertz CT molecular complexity index is 1140. The molecular weight excluding hydrogens is 400 g/mol. The zero-order valence-electron chi connectivity index (χ0n) is 16.8. The normalized spacial score (nSPS) is 16.4. The highest BCUT2D eigenvalue weighted by molar-refractivity contribution is 7.89. The molecule has 1 saturated heterocycles. The Labute approximate surface area is 176 Å². The van der Waals surface area contributed by atoms with E-state index in [0.717, 1.165) is 10.8 Å². The molecule has 7 heteroatoms. The lowest BCUT2D eigenvalue weighted by atomic mass is 10.1. The number of sulfonamides is 1. The Kier molecular flexibility index (Phi) is 5.74. The fourth-order valence-electron chi connectivity index (χ4n) is 3.64. The van der Waals surface area contributed by atoms with Crippen LogP contribution in [-0.4, -0.2) is 55.8 Å². The maximum Gasteiger partial charge on any atom is 0.263 e. The third kappa shape index (κ3) is 4.17. The van der Waals surface area contributed by atoms with E-state index in [1.165, 1.54) is 4.31 Å². The summed E-state index contributed by atoms with van der Waals surface area (Å²) in [6.07, 6.45) is -0.650. The van der Waals surface area contributed by atoms with Gasteiger partial charge in [0.2, 0.25) is 10.0 Å². The number of nitrogens with zero attached hydrogens (tertiary/aromatic N) is 2. The van der Waals surface area contributed by atoms with Crippen molar-refractivity contribution >= 4 is 26.7 Å². The quantitative estimate of drug-likeness (QED) is 0.631. The van der Waals surface area contributed by atoms with Crippen molar-refractivity contribution in [1.82, 2.24) is 9.21 Å². The summed E-state index contributed by atoms with van der Waals surface area (Å²) in [4.78, 5) is 14.8. The zero-order chi connectivity index (χ0) is 21.1. The summed E-state index contributed by atoms with van der Waals surface area (Å²) in [5.74, 6) is 0.500. The van der Waals surface area contributed by atoms with Crippen molar-refractivity contribution < 1.29 is 17.9 Å². The summed E-state index contributed by atoms with van der Waals surface area (Å²) in [5.41, 5.74) is 0. The predicted molar refractivity (Wildman–Crippen MR) is 116 cm³/mol. The van der Waals surface area contributed by atoms with Crippen molar-refractivity contribution in [2.45, 2.75) is 17.9 Å². The number of carbonyl (C=O) groups excluding carboxylic acids is 1. The van der Waals surface area contributed by atoms with E-state index in [0.29, 0.717) is 18.8 Å². The Morgan fingerprint density at radius 2 is 1.50 bits per heavy atom. The number of hydrogen-bond acceptors (Lipinski definition) is 4. The number of benzene rings is 3. The first-order valence-electron chi connectivity index (χ1n) is 9.94. The van der Waals surface area contributed by atoms with E-state index in [2.05, 4.69) is 0 Å². The van der Waals surface area contributed by atoms with Gasteiger partial charge in [-0.25, -0.2) is 8.42 Å². The van der Waals surface area contributed by atoms with Gasteiger partial charge in [-0.3, -0.25) is 4.79 Å². The van der Waals surface area contributed by atoms with Crippen LogP contribution < -0.4 is 4.74 Å². The largest absolute Gasteiger partial charge is 0.481 e. The van der Waals surface area contributed by atoms with Gasteiger partial charge in [0.05, 0.1) is 4.90 Å². The summed E-state index contributed by atoms with van der Waals surface area (Å²) in [7, 11) is -3.54. The topological polar surface area (TPSA) is 66.9 Å². The average Bonchev–Trinajstić information content (AvgIpc) is 2.79. The molecule has 0 radical (unpaired) electrons. The molecule has 156 valence electrons. The number of hydrogen-bond donors (Lipinski definition) is 0. The third-order valence-corrected chi connectivity index (χ3v) is 7.23. The minimum absolute atomic E-state index is 0.139. The summed E-state index contributed by atoms with van der Waals surface area (Å²) in [6, 6.07) is 22.1. The number of carbonyl (C=O) groups is 1. The second kappa shape index (κ2) is 8.45. The first-order chi connectivity index (χ1) is 14.4. The molecule has 0 aliphatic carbocycles. The van der Waals surface area contributed by atoms with Gasteiger partial charge in [0, 0.05) is 26.2 Å². The molecule has 0 saturated carbocycles. The molecule has 30 heavy (non-hydrogen) atoms. The van der Waals surface area contributed by atoms with Crippen molar-refractivity contribution in [3.63, 3.8) is 0 Å². The van der Waals surface area contributed by atoms with E-state index in [-0.39, 0.29) is 23.9 Å². The van der Waals surface area contributed by atoms with Gasteiger partial charge in [-0.05, 0) is 42.0 Å². The first kappa shape index (κ1) is 20.4. The van der Waals surface area contributed by atoms with Gasteiger partial charge in [-0.2, -0.15) is 4.31 Å². The lowest BCUT2D eigenvalue weighted by Gasteiger charge is -2.35. The number of rotatable bonds is 5. The maximum absolute atomic E-state index is 12.8. The lowest BCUT2D eigenvalue weighted by molar-refractivity contribution is -0.139. The summed E-state index contributed by atoms with van der Waals surface area (Å²) < 4.78 is 32.8. The van der Waals surface area contributed by atoms with Gasteiger partial charge in [-0.1, -0.05) is 48.5 Å². The molecule has 1 atom stereocenters. The molecule has 0 unspecified atom stereocenters. The molecule has 0 N–H and O–H groups in total. The molecule has 1 aliphatic rings. The highest BCUT2D eigenvalue weighted by atomic mass is 32.2. The van der Waals surface area contributed by atoms with Crippen LogP contribution in [0.4, 0.5) is 0 Å². The standard InChI is InChI=1S/C23H24N2O4S/c1-18(29-21-12-11-19-7-5-6-8-20(19)17-21)23(26)24-13-15-25(16-14-24)30(27,28)22-9-3-2-4-10-22/h2-12,17-18H,13-16H2,1H3/t18-/m0/s1. The molecule has 0 bridgehead atoms. The number of fused-ring (bicyclic) bond motifs is 1. The molecule has 0 spiro atoms. The van der Waals surface area contributed by atoms with Crippen LogP contribution in [0.2, 0.25) is 0 Å². The van der Waals surface area contributed by atoms with Gasteiger partial charge in [-0.15, -0.1) is 0 Å². The smallest absolute Gasteiger partial charge is 0.263 e. The Hall–Kier alpha value is -2.90. The van der Waals surface area contributed by atoms with E-state index < -0.39 is 16.1 Å². The minimum Gasteiger partial charge on any atom is -0.481 e. The summed E-state index contributed by atoms with van der Waals surface area (Å²) >= 11 is 0. The van der Waals surface area contributed by atoms with Crippen molar-refractivity contribution in [3.05, 3.63) is 72.8 Å². The lowest BCUT2D eigenvalue weighted by Crippen LogP contribution is -2.53. The van der Waals surface area contributed by atoms with Gasteiger partial charge in [0.1, 0.15) is 5.75 Å². The summed E-state index contributed by atoms with van der Waals surface area (Å²) in [6.45, 7) is 2.95. The van der Waals surface area contributed by atoms with Gasteiger partial charge >= 0.3 is 0 Å². The fourth-order valence-corrected chi connectivity index (χ4v) is 5.09. The number of ether oxygens (including phenoxy) is 1. The van der Waals surface area contributed by atoms with Gasteiger partial charge < -0.3 is 9.64 Å². The molecular formula is C23H24N2O4S. The van der Waals surface area contributed by atoms with E-state index in [4.69, 9.17) is 4.74 Å². The van der Waals surface area contributed by atoms with Crippen molar-refractivity contribution in [2.24, 2.45) is 0 Å². The van der Waals surface area contributed by atoms with E-state index in [1.54, 1.807) is 42.2 Å². The molecule has 4 rings (SSSR count). The monoisotopic (exact) mass is 424 g/mol. The van der Waals surface area contributed by atoms with Crippen LogP contribution in [0.1, 0.15) is 6.92 Å². The third-order valence-electron chi connectivity index (χ3n) is 5.31. The van der Waals surface area contributed by atoms with E-state index in [1.807, 2.05) is 42.5 Å². The molecule has 1 amide bonds. The SMILES string of the molecule is C[C@H](Oc1ccc2ccccc2c1)C(=O)N1CCN(S(=O)(=O)c2ccccc2)CC1. The zero-order valence-corrected chi connectivity index (χ0v) is 17.6. The second-order valence-corrected chi connectivity index (χ2v) is 9.25. The van der Waals surface area contributed by atoms with Crippen molar-refractivity contribution in [3.8, 4) is 5.75 Å². The Balaban J connectivity index is 1.37. The highest BCUT2D eigenvalue weighted by Gasteiger charge is 2.31. The van der Waals surface area contributed by atoms with E-state index in [9.17, 15) is 13.2 Å². The first-order valence-corrected chi connectivity index (χ1v) is 11.4. The van der Waals surface area contributed by atoms with Crippen LogP contribution in [0.25, 0.3) is 10.8 Å². The maximum atomic E-state index is 12.8. The molecule has 6 nitrogen and oxygen atoms in total. The van der Waals surface area contributed by atoms with Crippen LogP contribution >= 0.6 is 0 Å². The number of amides is 1. The highest BCUT2D eigenvalue weighted by Crippen LogP contribution is 2.22.